The van der Waals surface area contributed by atoms with E-state index < -0.39 is 12.0 Å². The van der Waals surface area contributed by atoms with Crippen molar-refractivity contribution in [2.24, 2.45) is 0 Å². The third-order valence-electron chi connectivity index (χ3n) is 5.99. The lowest BCUT2D eigenvalue weighted by Crippen LogP contribution is -2.49. The Kier molecular flexibility index (Phi) is 7.01. The number of nitrogens with zero attached hydrogens (tertiary/aromatic N) is 2. The van der Waals surface area contributed by atoms with E-state index in [0.717, 1.165) is 11.1 Å². The minimum absolute atomic E-state index is 0.104. The second-order valence-corrected chi connectivity index (χ2v) is 8.27. The summed E-state index contributed by atoms with van der Waals surface area (Å²) < 4.78 is 10.2. The van der Waals surface area contributed by atoms with E-state index in [9.17, 15) is 14.4 Å². The fourth-order valence-electron chi connectivity index (χ4n) is 4.20. The minimum Gasteiger partial charge on any atom is -0.497 e. The molecule has 35 heavy (non-hydrogen) atoms. The van der Waals surface area contributed by atoms with Crippen molar-refractivity contribution in [3.63, 3.8) is 0 Å². The van der Waals surface area contributed by atoms with Crippen molar-refractivity contribution in [1.29, 1.82) is 0 Å². The van der Waals surface area contributed by atoms with E-state index in [4.69, 9.17) is 15.2 Å². The zero-order valence-electron chi connectivity index (χ0n) is 19.6. The van der Waals surface area contributed by atoms with E-state index in [1.54, 1.807) is 37.4 Å². The Labute approximate surface area is 203 Å². The van der Waals surface area contributed by atoms with Gasteiger partial charge in [0.2, 0.25) is 0 Å². The Hall–Kier alpha value is -4.33. The Balaban J connectivity index is 1.83. The van der Waals surface area contributed by atoms with Crippen LogP contribution in [0.1, 0.15) is 27.9 Å². The van der Waals surface area contributed by atoms with Crippen LogP contribution in [-0.4, -0.2) is 42.9 Å². The highest BCUT2D eigenvalue weighted by Crippen LogP contribution is 2.33. The highest BCUT2D eigenvalue weighted by molar-refractivity contribution is 6.12. The van der Waals surface area contributed by atoms with Gasteiger partial charge in [-0.05, 0) is 41.5 Å². The summed E-state index contributed by atoms with van der Waals surface area (Å²) >= 11 is 0. The zero-order valence-corrected chi connectivity index (χ0v) is 19.6. The number of ether oxygens (including phenoxy) is 2. The molecule has 0 bridgehead atoms. The van der Waals surface area contributed by atoms with Gasteiger partial charge in [-0.1, -0.05) is 42.5 Å². The number of nitrogen functional groups attached to an aromatic ring is 1. The van der Waals surface area contributed by atoms with Crippen molar-refractivity contribution in [3.8, 4) is 5.75 Å². The smallest absolute Gasteiger partial charge is 0.308 e. The number of carbonyl (C=O) groups is 3. The number of hydrogen-bond acceptors (Lipinski definition) is 6. The molecule has 4 rings (SSSR count). The number of hydrogen-bond donors (Lipinski definition) is 1. The minimum atomic E-state index is -1.07. The lowest BCUT2D eigenvalue weighted by atomic mass is 10.1. The molecule has 1 aliphatic rings. The summed E-state index contributed by atoms with van der Waals surface area (Å²) in [6.07, 6.45) is -0.278. The predicted molar refractivity (Wildman–Crippen MR) is 132 cm³/mol. The van der Waals surface area contributed by atoms with E-state index in [1.807, 2.05) is 42.5 Å². The molecule has 8 nitrogen and oxygen atoms in total. The summed E-state index contributed by atoms with van der Waals surface area (Å²) in [5, 5.41) is 0. The average molecular weight is 474 g/mol. The summed E-state index contributed by atoms with van der Waals surface area (Å²) in [6, 6.07) is 20.5. The molecule has 0 saturated carbocycles. The number of rotatable bonds is 7. The van der Waals surface area contributed by atoms with Gasteiger partial charge in [0.25, 0.3) is 11.8 Å². The van der Waals surface area contributed by atoms with Crippen LogP contribution in [0.15, 0.2) is 72.8 Å². The predicted octanol–water partition coefficient (Wildman–Crippen LogP) is 3.40. The highest BCUT2D eigenvalue weighted by Gasteiger charge is 2.41. The van der Waals surface area contributed by atoms with Crippen LogP contribution in [0.2, 0.25) is 0 Å². The largest absolute Gasteiger partial charge is 0.497 e. The van der Waals surface area contributed by atoms with E-state index in [0.29, 0.717) is 22.7 Å². The molecule has 2 N–H and O–H groups in total. The maximum absolute atomic E-state index is 14.0. The number of amides is 2. The number of fused-ring (bicyclic) bond motifs is 1. The summed E-state index contributed by atoms with van der Waals surface area (Å²) in [5.41, 5.74) is 8.85. The summed E-state index contributed by atoms with van der Waals surface area (Å²) in [6.45, 7) is 0.320. The molecule has 0 fully saturated rings. The van der Waals surface area contributed by atoms with Gasteiger partial charge >= 0.3 is 5.97 Å². The Bertz CT molecular complexity index is 1240. The van der Waals surface area contributed by atoms with Gasteiger partial charge in [0.15, 0.2) is 0 Å². The molecule has 0 radical (unpaired) electrons. The molecule has 0 spiro atoms. The van der Waals surface area contributed by atoms with Gasteiger partial charge in [-0.15, -0.1) is 0 Å². The number of esters is 1. The van der Waals surface area contributed by atoms with E-state index in [1.165, 1.54) is 16.9 Å². The number of carbonyl (C=O) groups excluding carboxylic acids is 3. The van der Waals surface area contributed by atoms with Crippen molar-refractivity contribution < 1.29 is 23.9 Å². The molecule has 180 valence electrons. The third kappa shape index (κ3) is 5.11. The fraction of sp³-hybridized carbons (Fsp3) is 0.222. The van der Waals surface area contributed by atoms with Crippen molar-refractivity contribution in [2.75, 3.05) is 24.9 Å². The van der Waals surface area contributed by atoms with Crippen molar-refractivity contribution in [3.05, 3.63) is 89.5 Å². The SMILES string of the molecule is COC(=O)C[C@H]1C(=O)N(Cc2ccccc2)c2cc(N)ccc2C(=O)N1Cc1cccc(OC)c1. The monoisotopic (exact) mass is 473 g/mol. The first kappa shape index (κ1) is 23.8. The molecule has 2 amide bonds. The number of nitrogens with two attached hydrogens (primary N) is 1. The third-order valence-corrected chi connectivity index (χ3v) is 5.99. The van der Waals surface area contributed by atoms with E-state index >= 15 is 0 Å². The van der Waals surface area contributed by atoms with Gasteiger partial charge < -0.3 is 25.0 Å². The number of anilines is 2. The van der Waals surface area contributed by atoms with Crippen LogP contribution in [0, 0.1) is 0 Å². The van der Waals surface area contributed by atoms with E-state index in [2.05, 4.69) is 0 Å². The second-order valence-electron chi connectivity index (χ2n) is 8.27. The number of benzene rings is 3. The van der Waals surface area contributed by atoms with Crippen LogP contribution in [0.5, 0.6) is 5.75 Å². The lowest BCUT2D eigenvalue weighted by Gasteiger charge is -2.30. The molecule has 1 heterocycles. The highest BCUT2D eigenvalue weighted by atomic mass is 16.5. The molecule has 8 heteroatoms. The van der Waals surface area contributed by atoms with Gasteiger partial charge in [-0.2, -0.15) is 0 Å². The van der Waals surface area contributed by atoms with Crippen LogP contribution in [0.4, 0.5) is 11.4 Å². The molecule has 3 aromatic carbocycles. The molecule has 0 unspecified atom stereocenters. The van der Waals surface area contributed by atoms with Crippen molar-refractivity contribution >= 4 is 29.2 Å². The van der Waals surface area contributed by atoms with E-state index in [-0.39, 0.29) is 31.3 Å². The molecular formula is C27H27N3O5. The van der Waals surface area contributed by atoms with Crippen LogP contribution >= 0.6 is 0 Å². The normalized spacial score (nSPS) is 15.4. The van der Waals surface area contributed by atoms with Gasteiger partial charge in [0, 0.05) is 12.2 Å². The molecule has 3 aromatic rings. The first-order valence-electron chi connectivity index (χ1n) is 11.2. The molecule has 1 atom stereocenters. The van der Waals surface area contributed by atoms with Gasteiger partial charge in [-0.25, -0.2) is 0 Å². The maximum Gasteiger partial charge on any atom is 0.308 e. The second kappa shape index (κ2) is 10.3. The zero-order chi connectivity index (χ0) is 24.9. The van der Waals surface area contributed by atoms with Crippen LogP contribution < -0.4 is 15.4 Å². The van der Waals surface area contributed by atoms with Crippen LogP contribution in [0.3, 0.4) is 0 Å². The fourth-order valence-corrected chi connectivity index (χ4v) is 4.20. The van der Waals surface area contributed by atoms with Crippen molar-refractivity contribution in [1.82, 2.24) is 4.90 Å². The Morgan fingerprint density at radius 2 is 1.66 bits per heavy atom. The Morgan fingerprint density at radius 1 is 0.914 bits per heavy atom. The van der Waals surface area contributed by atoms with Crippen LogP contribution in [0.25, 0.3) is 0 Å². The van der Waals surface area contributed by atoms with Crippen LogP contribution in [-0.2, 0) is 27.4 Å². The maximum atomic E-state index is 14.0. The summed E-state index contributed by atoms with van der Waals surface area (Å²) in [5.74, 6) is -0.725. The quantitative estimate of drug-likeness (QED) is 0.417. The first-order chi connectivity index (χ1) is 16.9. The molecule has 0 aliphatic carbocycles. The number of methoxy groups -OCH3 is 2. The van der Waals surface area contributed by atoms with Gasteiger partial charge in [-0.3, -0.25) is 14.4 Å². The Morgan fingerprint density at radius 3 is 2.37 bits per heavy atom. The van der Waals surface area contributed by atoms with Gasteiger partial charge in [0.05, 0.1) is 38.4 Å². The molecule has 0 saturated heterocycles. The van der Waals surface area contributed by atoms with Gasteiger partial charge in [0.1, 0.15) is 11.8 Å². The molecular weight excluding hydrogens is 446 g/mol. The first-order valence-corrected chi connectivity index (χ1v) is 11.2. The lowest BCUT2D eigenvalue weighted by molar-refractivity contribution is -0.144. The molecule has 1 aliphatic heterocycles. The standard InChI is InChI=1S/C27H27N3O5/c1-34-21-10-6-9-19(13-21)17-30-24(15-25(31)35-2)27(33)29(16-18-7-4-3-5-8-18)23-14-20(28)11-12-22(23)26(30)32/h3-14,24H,15-17,28H2,1-2H3/t24-/m0/s1. The topological polar surface area (TPSA) is 102 Å². The molecule has 0 aromatic heterocycles. The van der Waals surface area contributed by atoms with Crippen molar-refractivity contribution in [2.45, 2.75) is 25.6 Å². The summed E-state index contributed by atoms with van der Waals surface area (Å²) in [7, 11) is 2.82. The summed E-state index contributed by atoms with van der Waals surface area (Å²) in [4.78, 5) is 43.2. The average Bonchev–Trinajstić information content (AvgIpc) is 2.95.